The number of rotatable bonds is 2. The van der Waals surface area contributed by atoms with Crippen LogP contribution in [0.15, 0.2) is 0 Å². The largest absolute Gasteiger partial charge is 0.392 e. The lowest BCUT2D eigenvalue weighted by Crippen LogP contribution is -2.30. The number of hydrogen-bond donors (Lipinski definition) is 1. The van der Waals surface area contributed by atoms with E-state index in [1.54, 1.807) is 0 Å². The van der Waals surface area contributed by atoms with Crippen molar-refractivity contribution >= 4 is 11.8 Å². The Morgan fingerprint density at radius 2 is 2.09 bits per heavy atom. The topological polar surface area (TPSA) is 20.2 Å². The van der Waals surface area contributed by atoms with Gasteiger partial charge in [-0.15, -0.1) is 0 Å². The van der Waals surface area contributed by atoms with Crippen molar-refractivity contribution in [3.05, 3.63) is 0 Å². The van der Waals surface area contributed by atoms with Crippen LogP contribution in [0.25, 0.3) is 0 Å². The highest BCUT2D eigenvalue weighted by Gasteiger charge is 2.24. The molecule has 1 rings (SSSR count). The van der Waals surface area contributed by atoms with E-state index in [0.717, 1.165) is 0 Å². The maximum atomic E-state index is 9.73. The Kier molecular flexibility index (Phi) is 3.73. The van der Waals surface area contributed by atoms with Crippen molar-refractivity contribution in [1.82, 2.24) is 0 Å². The Hall–Kier alpha value is 0.310. The van der Waals surface area contributed by atoms with Gasteiger partial charge in [0.05, 0.1) is 6.10 Å². The van der Waals surface area contributed by atoms with Gasteiger partial charge < -0.3 is 5.11 Å². The minimum atomic E-state index is -0.0831. The molecule has 66 valence electrons. The van der Waals surface area contributed by atoms with Gasteiger partial charge in [0, 0.05) is 5.25 Å². The third-order valence-electron chi connectivity index (χ3n) is 2.28. The van der Waals surface area contributed by atoms with Crippen LogP contribution >= 0.6 is 11.8 Å². The first-order chi connectivity index (χ1) is 5.22. The first kappa shape index (κ1) is 9.40. The summed E-state index contributed by atoms with van der Waals surface area (Å²) in [6, 6.07) is 0. The van der Waals surface area contributed by atoms with Gasteiger partial charge in [0.2, 0.25) is 0 Å². The molecule has 0 saturated carbocycles. The van der Waals surface area contributed by atoms with Gasteiger partial charge in [0.15, 0.2) is 0 Å². The summed E-state index contributed by atoms with van der Waals surface area (Å²) >= 11 is 1.95. The zero-order valence-electron chi connectivity index (χ0n) is 7.42. The molecule has 0 amide bonds. The van der Waals surface area contributed by atoms with Crippen LogP contribution in [0.1, 0.15) is 33.1 Å². The summed E-state index contributed by atoms with van der Waals surface area (Å²) in [4.78, 5) is 0. The van der Waals surface area contributed by atoms with Gasteiger partial charge >= 0.3 is 0 Å². The molecule has 0 aromatic carbocycles. The molecule has 1 aliphatic heterocycles. The molecule has 1 aliphatic rings. The molecular formula is C9H18OS. The Morgan fingerprint density at radius 1 is 1.36 bits per heavy atom. The Morgan fingerprint density at radius 3 is 2.55 bits per heavy atom. The third kappa shape index (κ3) is 2.68. The molecular weight excluding hydrogens is 156 g/mol. The van der Waals surface area contributed by atoms with Crippen LogP contribution in [-0.4, -0.2) is 22.2 Å². The summed E-state index contributed by atoms with van der Waals surface area (Å²) in [5, 5.41) is 10.2. The molecule has 0 radical (unpaired) electrons. The van der Waals surface area contributed by atoms with E-state index in [-0.39, 0.29) is 6.10 Å². The van der Waals surface area contributed by atoms with Crippen LogP contribution in [0.2, 0.25) is 0 Å². The van der Waals surface area contributed by atoms with Crippen LogP contribution in [-0.2, 0) is 0 Å². The lowest BCUT2D eigenvalue weighted by molar-refractivity contribution is 0.118. The fourth-order valence-corrected chi connectivity index (χ4v) is 2.98. The van der Waals surface area contributed by atoms with Gasteiger partial charge in [-0.05, 0) is 24.5 Å². The van der Waals surface area contributed by atoms with Crippen LogP contribution < -0.4 is 0 Å². The van der Waals surface area contributed by atoms with Crippen LogP contribution in [0.5, 0.6) is 0 Å². The van der Waals surface area contributed by atoms with Crippen molar-refractivity contribution in [3.63, 3.8) is 0 Å². The highest BCUT2D eigenvalue weighted by molar-refractivity contribution is 8.00. The second kappa shape index (κ2) is 4.36. The lowest BCUT2D eigenvalue weighted by atomic mass is 10.0. The van der Waals surface area contributed by atoms with E-state index in [1.165, 1.54) is 25.0 Å². The second-order valence-electron chi connectivity index (χ2n) is 3.64. The van der Waals surface area contributed by atoms with E-state index < -0.39 is 0 Å². The molecule has 1 nitrogen and oxygen atoms in total. The van der Waals surface area contributed by atoms with Gasteiger partial charge in [-0.25, -0.2) is 0 Å². The van der Waals surface area contributed by atoms with E-state index >= 15 is 0 Å². The molecule has 0 aromatic rings. The van der Waals surface area contributed by atoms with Crippen LogP contribution in [0.3, 0.4) is 0 Å². The van der Waals surface area contributed by atoms with E-state index in [1.807, 2.05) is 11.8 Å². The number of aliphatic hydroxyl groups excluding tert-OH is 1. The van der Waals surface area contributed by atoms with Crippen molar-refractivity contribution < 1.29 is 5.11 Å². The van der Waals surface area contributed by atoms with Gasteiger partial charge in [0.1, 0.15) is 0 Å². The van der Waals surface area contributed by atoms with E-state index in [2.05, 4.69) is 13.8 Å². The Balaban J connectivity index is 2.32. The number of hydrogen-bond acceptors (Lipinski definition) is 2. The summed E-state index contributed by atoms with van der Waals surface area (Å²) in [6.45, 7) is 4.19. The average Bonchev–Trinajstić information content (AvgIpc) is 2.05. The summed E-state index contributed by atoms with van der Waals surface area (Å²) in [5.74, 6) is 1.67. The smallest absolute Gasteiger partial charge is 0.0681 e. The van der Waals surface area contributed by atoms with Crippen molar-refractivity contribution in [2.24, 2.45) is 5.92 Å². The van der Waals surface area contributed by atoms with Gasteiger partial charge in [0.25, 0.3) is 0 Å². The summed E-state index contributed by atoms with van der Waals surface area (Å²) < 4.78 is 0. The quantitative estimate of drug-likeness (QED) is 0.693. The molecule has 1 heterocycles. The predicted octanol–water partition coefficient (Wildman–Crippen LogP) is 2.29. The Bertz CT molecular complexity index is 108. The zero-order chi connectivity index (χ0) is 8.27. The van der Waals surface area contributed by atoms with Crippen molar-refractivity contribution in [2.45, 2.75) is 44.5 Å². The number of thioether (sulfide) groups is 1. The van der Waals surface area contributed by atoms with Crippen LogP contribution in [0.4, 0.5) is 0 Å². The molecule has 11 heavy (non-hydrogen) atoms. The van der Waals surface area contributed by atoms with E-state index in [4.69, 9.17) is 0 Å². The standard InChI is InChI=1S/C9H18OS/c1-7(2)9(10)8-5-3-4-6-11-8/h7-10H,3-6H2,1-2H3. The maximum Gasteiger partial charge on any atom is 0.0681 e. The minimum Gasteiger partial charge on any atom is -0.392 e. The monoisotopic (exact) mass is 174 g/mol. The molecule has 0 aliphatic carbocycles. The highest BCUT2D eigenvalue weighted by Crippen LogP contribution is 2.29. The summed E-state index contributed by atoms with van der Waals surface area (Å²) in [6.07, 6.45) is 3.78. The van der Waals surface area contributed by atoms with Crippen molar-refractivity contribution in [2.75, 3.05) is 5.75 Å². The first-order valence-corrected chi connectivity index (χ1v) is 5.56. The molecule has 1 N–H and O–H groups in total. The molecule has 1 fully saturated rings. The molecule has 2 unspecified atom stereocenters. The van der Waals surface area contributed by atoms with Gasteiger partial charge in [-0.1, -0.05) is 20.3 Å². The third-order valence-corrected chi connectivity index (χ3v) is 3.75. The normalized spacial score (nSPS) is 28.9. The maximum absolute atomic E-state index is 9.73. The molecule has 2 heteroatoms. The molecule has 2 atom stereocenters. The minimum absolute atomic E-state index is 0.0831. The predicted molar refractivity (Wildman–Crippen MR) is 50.9 cm³/mol. The summed E-state index contributed by atoms with van der Waals surface area (Å²) in [5.41, 5.74) is 0. The number of aliphatic hydroxyl groups is 1. The molecule has 0 aromatic heterocycles. The Labute approximate surface area is 73.6 Å². The lowest BCUT2D eigenvalue weighted by Gasteiger charge is -2.28. The fraction of sp³-hybridized carbons (Fsp3) is 1.00. The zero-order valence-corrected chi connectivity index (χ0v) is 8.23. The van der Waals surface area contributed by atoms with E-state index in [0.29, 0.717) is 11.2 Å². The molecule has 0 bridgehead atoms. The highest BCUT2D eigenvalue weighted by atomic mass is 32.2. The summed E-state index contributed by atoms with van der Waals surface area (Å²) in [7, 11) is 0. The first-order valence-electron chi connectivity index (χ1n) is 4.51. The van der Waals surface area contributed by atoms with Gasteiger partial charge in [-0.3, -0.25) is 0 Å². The fourth-order valence-electron chi connectivity index (χ4n) is 1.46. The molecule has 1 saturated heterocycles. The van der Waals surface area contributed by atoms with Crippen molar-refractivity contribution in [1.29, 1.82) is 0 Å². The second-order valence-corrected chi connectivity index (χ2v) is 4.99. The SMILES string of the molecule is CC(C)C(O)C1CCCCS1. The average molecular weight is 174 g/mol. The van der Waals surface area contributed by atoms with E-state index in [9.17, 15) is 5.11 Å². The van der Waals surface area contributed by atoms with Crippen LogP contribution in [0, 0.1) is 5.92 Å². The van der Waals surface area contributed by atoms with Crippen molar-refractivity contribution in [3.8, 4) is 0 Å². The molecule has 0 spiro atoms. The van der Waals surface area contributed by atoms with Gasteiger partial charge in [-0.2, -0.15) is 11.8 Å².